The average molecular weight is 275 g/mol. The number of rotatable bonds is 4. The Labute approximate surface area is 119 Å². The Balaban J connectivity index is 1.55. The van der Waals surface area contributed by atoms with Crippen molar-refractivity contribution < 1.29 is 4.79 Å². The molecule has 1 saturated heterocycles. The molecule has 1 amide bonds. The average Bonchev–Trinajstić information content (AvgIpc) is 3.24. The minimum atomic E-state index is 0.0726. The second kappa shape index (κ2) is 5.75. The topological polar surface area (TPSA) is 61.4 Å². The van der Waals surface area contributed by atoms with Crippen molar-refractivity contribution in [2.45, 2.75) is 19.3 Å². The molecule has 1 aliphatic heterocycles. The Hall–Kier alpha value is -1.69. The molecule has 1 aromatic rings. The summed E-state index contributed by atoms with van der Waals surface area (Å²) in [4.78, 5) is 24.9. The molecule has 2 fully saturated rings. The molecule has 0 radical (unpaired) electrons. The maximum absolute atomic E-state index is 11.7. The fraction of sp³-hybridized carbons (Fsp3) is 0.643. The van der Waals surface area contributed by atoms with E-state index in [1.807, 2.05) is 0 Å². The first-order valence-corrected chi connectivity index (χ1v) is 7.26. The van der Waals surface area contributed by atoms with Crippen LogP contribution in [0.2, 0.25) is 0 Å². The Morgan fingerprint density at radius 1 is 1.25 bits per heavy atom. The van der Waals surface area contributed by atoms with Crippen LogP contribution in [0, 0.1) is 5.92 Å². The molecule has 1 aromatic heterocycles. The SMILES string of the molecule is CN1CCN(c2ncc(NC(=O)CC3CC3)cn2)CC1. The molecule has 1 aliphatic carbocycles. The molecule has 1 N–H and O–H groups in total. The van der Waals surface area contributed by atoms with Crippen LogP contribution in [0.3, 0.4) is 0 Å². The predicted octanol–water partition coefficient (Wildman–Crippen LogP) is 0.967. The number of piperazine rings is 1. The van der Waals surface area contributed by atoms with Crippen LogP contribution in [0.4, 0.5) is 11.6 Å². The highest BCUT2D eigenvalue weighted by molar-refractivity contribution is 5.90. The molecule has 0 aromatic carbocycles. The van der Waals surface area contributed by atoms with Crippen molar-refractivity contribution in [1.29, 1.82) is 0 Å². The van der Waals surface area contributed by atoms with Gasteiger partial charge in [-0.25, -0.2) is 9.97 Å². The first-order chi connectivity index (χ1) is 9.70. The molecule has 108 valence electrons. The third kappa shape index (κ3) is 3.45. The second-order valence-electron chi connectivity index (χ2n) is 5.76. The fourth-order valence-corrected chi connectivity index (χ4v) is 2.35. The Morgan fingerprint density at radius 3 is 2.50 bits per heavy atom. The normalized spacial score (nSPS) is 19.9. The Bertz CT molecular complexity index is 463. The molecule has 3 rings (SSSR count). The van der Waals surface area contributed by atoms with Gasteiger partial charge in [0.05, 0.1) is 18.1 Å². The predicted molar refractivity (Wildman–Crippen MR) is 77.7 cm³/mol. The largest absolute Gasteiger partial charge is 0.338 e. The third-order valence-electron chi connectivity index (χ3n) is 3.88. The van der Waals surface area contributed by atoms with Crippen LogP contribution in [0.25, 0.3) is 0 Å². The van der Waals surface area contributed by atoms with Crippen molar-refractivity contribution in [3.05, 3.63) is 12.4 Å². The monoisotopic (exact) mass is 275 g/mol. The van der Waals surface area contributed by atoms with E-state index in [0.29, 0.717) is 18.0 Å². The number of carbonyl (C=O) groups is 1. The van der Waals surface area contributed by atoms with Crippen molar-refractivity contribution in [1.82, 2.24) is 14.9 Å². The van der Waals surface area contributed by atoms with Crippen LogP contribution in [-0.4, -0.2) is 54.0 Å². The van der Waals surface area contributed by atoms with E-state index >= 15 is 0 Å². The number of amides is 1. The Morgan fingerprint density at radius 2 is 1.90 bits per heavy atom. The standard InChI is InChI=1S/C14H21N5O/c1-18-4-6-19(7-5-18)14-15-9-12(10-16-14)17-13(20)8-11-2-3-11/h9-11H,2-8H2,1H3,(H,17,20). The highest BCUT2D eigenvalue weighted by atomic mass is 16.1. The fourth-order valence-electron chi connectivity index (χ4n) is 2.35. The van der Waals surface area contributed by atoms with Gasteiger partial charge in [0.25, 0.3) is 0 Å². The Kier molecular flexibility index (Phi) is 3.82. The van der Waals surface area contributed by atoms with Crippen LogP contribution in [0.1, 0.15) is 19.3 Å². The van der Waals surface area contributed by atoms with Crippen molar-refractivity contribution >= 4 is 17.5 Å². The summed E-state index contributed by atoms with van der Waals surface area (Å²) >= 11 is 0. The van der Waals surface area contributed by atoms with Crippen LogP contribution >= 0.6 is 0 Å². The smallest absolute Gasteiger partial charge is 0.225 e. The van der Waals surface area contributed by atoms with E-state index in [9.17, 15) is 4.79 Å². The van der Waals surface area contributed by atoms with Gasteiger partial charge in [0, 0.05) is 32.6 Å². The number of likely N-dealkylation sites (N-methyl/N-ethyl adjacent to an activating group) is 1. The first-order valence-electron chi connectivity index (χ1n) is 7.26. The lowest BCUT2D eigenvalue weighted by atomic mass is 10.3. The van der Waals surface area contributed by atoms with Gasteiger partial charge in [-0.1, -0.05) is 0 Å². The summed E-state index contributed by atoms with van der Waals surface area (Å²) in [5.41, 5.74) is 0.688. The van der Waals surface area contributed by atoms with Gasteiger partial charge in [-0.2, -0.15) is 0 Å². The minimum Gasteiger partial charge on any atom is -0.338 e. The van der Waals surface area contributed by atoms with E-state index in [-0.39, 0.29) is 5.91 Å². The number of hydrogen-bond acceptors (Lipinski definition) is 5. The number of aromatic nitrogens is 2. The van der Waals surface area contributed by atoms with Gasteiger partial charge < -0.3 is 15.1 Å². The van der Waals surface area contributed by atoms with Crippen molar-refractivity contribution in [2.24, 2.45) is 5.92 Å². The minimum absolute atomic E-state index is 0.0726. The highest BCUT2D eigenvalue weighted by Gasteiger charge is 2.24. The van der Waals surface area contributed by atoms with Crippen molar-refractivity contribution in [2.75, 3.05) is 43.4 Å². The van der Waals surface area contributed by atoms with Gasteiger partial charge in [-0.3, -0.25) is 4.79 Å². The van der Waals surface area contributed by atoms with E-state index in [1.165, 1.54) is 12.8 Å². The molecule has 20 heavy (non-hydrogen) atoms. The molecule has 1 saturated carbocycles. The summed E-state index contributed by atoms with van der Waals surface area (Å²) in [5.74, 6) is 1.42. The van der Waals surface area contributed by atoms with Crippen LogP contribution < -0.4 is 10.2 Å². The van der Waals surface area contributed by atoms with E-state index in [1.54, 1.807) is 12.4 Å². The van der Waals surface area contributed by atoms with E-state index < -0.39 is 0 Å². The van der Waals surface area contributed by atoms with Gasteiger partial charge in [-0.05, 0) is 25.8 Å². The molecule has 0 spiro atoms. The molecule has 6 heteroatoms. The van der Waals surface area contributed by atoms with Crippen LogP contribution in [-0.2, 0) is 4.79 Å². The molecular formula is C14H21N5O. The first kappa shape index (κ1) is 13.3. The van der Waals surface area contributed by atoms with Gasteiger partial charge in [0.15, 0.2) is 0 Å². The number of carbonyl (C=O) groups excluding carboxylic acids is 1. The quantitative estimate of drug-likeness (QED) is 0.887. The van der Waals surface area contributed by atoms with Gasteiger partial charge >= 0.3 is 0 Å². The number of anilines is 2. The van der Waals surface area contributed by atoms with Gasteiger partial charge in [0.2, 0.25) is 11.9 Å². The maximum Gasteiger partial charge on any atom is 0.225 e. The van der Waals surface area contributed by atoms with Crippen molar-refractivity contribution in [3.63, 3.8) is 0 Å². The number of nitrogens with one attached hydrogen (secondary N) is 1. The number of nitrogens with zero attached hydrogens (tertiary/aromatic N) is 4. The second-order valence-corrected chi connectivity index (χ2v) is 5.76. The molecule has 2 aliphatic rings. The summed E-state index contributed by atoms with van der Waals surface area (Å²) in [6.07, 6.45) is 6.40. The summed E-state index contributed by atoms with van der Waals surface area (Å²) in [5, 5.41) is 2.86. The van der Waals surface area contributed by atoms with Gasteiger partial charge in [-0.15, -0.1) is 0 Å². The van der Waals surface area contributed by atoms with E-state index in [0.717, 1.165) is 32.1 Å². The molecule has 6 nitrogen and oxygen atoms in total. The summed E-state index contributed by atoms with van der Waals surface area (Å²) < 4.78 is 0. The van der Waals surface area contributed by atoms with E-state index in [2.05, 4.69) is 32.1 Å². The third-order valence-corrected chi connectivity index (χ3v) is 3.88. The lowest BCUT2D eigenvalue weighted by Gasteiger charge is -2.32. The summed E-state index contributed by atoms with van der Waals surface area (Å²) in [6, 6.07) is 0. The molecular weight excluding hydrogens is 254 g/mol. The molecule has 0 bridgehead atoms. The lowest BCUT2D eigenvalue weighted by Crippen LogP contribution is -2.45. The summed E-state index contributed by atoms with van der Waals surface area (Å²) in [6.45, 7) is 3.96. The zero-order valence-electron chi connectivity index (χ0n) is 11.9. The zero-order chi connectivity index (χ0) is 13.9. The molecule has 2 heterocycles. The lowest BCUT2D eigenvalue weighted by molar-refractivity contribution is -0.116. The zero-order valence-corrected chi connectivity index (χ0v) is 11.9. The van der Waals surface area contributed by atoms with E-state index in [4.69, 9.17) is 0 Å². The van der Waals surface area contributed by atoms with Crippen LogP contribution in [0.15, 0.2) is 12.4 Å². The van der Waals surface area contributed by atoms with Crippen molar-refractivity contribution in [3.8, 4) is 0 Å². The molecule has 0 unspecified atom stereocenters. The van der Waals surface area contributed by atoms with Gasteiger partial charge in [0.1, 0.15) is 0 Å². The molecule has 0 atom stereocenters. The maximum atomic E-state index is 11.7. The summed E-state index contributed by atoms with van der Waals surface area (Å²) in [7, 11) is 2.12. The highest BCUT2D eigenvalue weighted by Crippen LogP contribution is 2.32. The number of hydrogen-bond donors (Lipinski definition) is 1. The van der Waals surface area contributed by atoms with Crippen LogP contribution in [0.5, 0.6) is 0 Å².